The maximum Gasteiger partial charge on any atom is 0.271 e. The van der Waals surface area contributed by atoms with Gasteiger partial charge in [-0.25, -0.2) is 0 Å². The van der Waals surface area contributed by atoms with E-state index in [1.165, 1.54) is 11.3 Å². The van der Waals surface area contributed by atoms with E-state index in [1.54, 1.807) is 0 Å². The molecule has 0 radical (unpaired) electrons. The zero-order valence-corrected chi connectivity index (χ0v) is 16.5. The average Bonchev–Trinajstić information content (AvgIpc) is 3.34. The van der Waals surface area contributed by atoms with Crippen LogP contribution in [0.1, 0.15) is 41.9 Å². The molecule has 0 bridgehead atoms. The first-order chi connectivity index (χ1) is 12.7. The van der Waals surface area contributed by atoms with E-state index in [0.717, 1.165) is 38.9 Å². The van der Waals surface area contributed by atoms with Gasteiger partial charge in [0.25, 0.3) is 5.91 Å². The summed E-state index contributed by atoms with van der Waals surface area (Å²) in [6.45, 7) is 5.79. The van der Waals surface area contributed by atoms with Crippen LogP contribution in [0, 0.1) is 0 Å². The van der Waals surface area contributed by atoms with Crippen LogP contribution < -0.4 is 15.5 Å². The number of carbonyl (C=O) groups is 1. The zero-order chi connectivity index (χ0) is 17.9. The molecule has 146 valence electrons. The van der Waals surface area contributed by atoms with Gasteiger partial charge >= 0.3 is 0 Å². The van der Waals surface area contributed by atoms with E-state index in [4.69, 9.17) is 0 Å². The van der Waals surface area contributed by atoms with Crippen LogP contribution >= 0.6 is 12.4 Å². The summed E-state index contributed by atoms with van der Waals surface area (Å²) in [5.41, 5.74) is 3.19. The molecule has 1 amide bonds. The minimum Gasteiger partial charge on any atom is -0.366 e. The second-order valence-electron chi connectivity index (χ2n) is 7.31. The Morgan fingerprint density at radius 2 is 2.22 bits per heavy atom. The molecular formula is C20H28ClN5O. The van der Waals surface area contributed by atoms with Gasteiger partial charge in [0.15, 0.2) is 0 Å². The first kappa shape index (κ1) is 19.7. The fraction of sp³-hybridized carbons (Fsp3) is 0.500. The molecule has 2 aromatic rings. The number of fused-ring (bicyclic) bond motifs is 1. The molecule has 1 aromatic carbocycles. The van der Waals surface area contributed by atoms with Crippen molar-refractivity contribution < 1.29 is 4.79 Å². The van der Waals surface area contributed by atoms with E-state index in [2.05, 4.69) is 51.8 Å². The van der Waals surface area contributed by atoms with E-state index in [0.29, 0.717) is 18.3 Å². The predicted octanol–water partition coefficient (Wildman–Crippen LogP) is 2.41. The van der Waals surface area contributed by atoms with Gasteiger partial charge in [0.2, 0.25) is 0 Å². The third-order valence-electron chi connectivity index (χ3n) is 5.50. The molecule has 4 rings (SSSR count). The summed E-state index contributed by atoms with van der Waals surface area (Å²) >= 11 is 0. The quantitative estimate of drug-likeness (QED) is 0.824. The average molecular weight is 390 g/mol. The Kier molecular flexibility index (Phi) is 6.39. The minimum atomic E-state index is -0.0909. The molecule has 0 aliphatic carbocycles. The maximum atomic E-state index is 12.5. The van der Waals surface area contributed by atoms with Crippen molar-refractivity contribution in [3.05, 3.63) is 47.8 Å². The molecule has 2 aliphatic heterocycles. The van der Waals surface area contributed by atoms with Crippen LogP contribution in [0.3, 0.4) is 0 Å². The van der Waals surface area contributed by atoms with Crippen LogP contribution in [0.25, 0.3) is 0 Å². The highest BCUT2D eigenvalue weighted by atomic mass is 35.5. The van der Waals surface area contributed by atoms with Crippen molar-refractivity contribution in [3.8, 4) is 0 Å². The van der Waals surface area contributed by atoms with Gasteiger partial charge in [0.1, 0.15) is 5.69 Å². The smallest absolute Gasteiger partial charge is 0.271 e. The first-order valence-corrected chi connectivity index (χ1v) is 9.61. The Balaban J connectivity index is 0.00000210. The third kappa shape index (κ3) is 4.28. The molecule has 0 saturated carbocycles. The van der Waals surface area contributed by atoms with Crippen molar-refractivity contribution in [1.29, 1.82) is 0 Å². The summed E-state index contributed by atoms with van der Waals surface area (Å²) in [5, 5.41) is 10.9. The monoisotopic (exact) mass is 389 g/mol. The Labute approximate surface area is 166 Å². The van der Waals surface area contributed by atoms with Gasteiger partial charge in [-0.2, -0.15) is 5.10 Å². The van der Waals surface area contributed by atoms with Gasteiger partial charge in [-0.3, -0.25) is 9.48 Å². The van der Waals surface area contributed by atoms with Crippen molar-refractivity contribution in [1.82, 2.24) is 20.4 Å². The molecule has 27 heavy (non-hydrogen) atoms. The van der Waals surface area contributed by atoms with Crippen molar-refractivity contribution in [2.24, 2.45) is 0 Å². The Morgan fingerprint density at radius 1 is 1.37 bits per heavy atom. The number of anilines is 1. The van der Waals surface area contributed by atoms with Gasteiger partial charge < -0.3 is 15.5 Å². The van der Waals surface area contributed by atoms with E-state index in [1.807, 2.05) is 16.9 Å². The molecule has 2 unspecified atom stereocenters. The lowest BCUT2D eigenvalue weighted by molar-refractivity contribution is 0.0945. The van der Waals surface area contributed by atoms with Crippen LogP contribution in [0.4, 0.5) is 5.69 Å². The lowest BCUT2D eigenvalue weighted by atomic mass is 10.1. The standard InChI is InChI=1S/C20H27N5O.ClH/c1-15(24-11-8-16-5-2-3-7-19(16)24)13-22-20(26)18-9-12-25(23-18)17-6-4-10-21-14-17;/h2-3,5,7,9,12,15,17,21H,4,6,8,10-11,13-14H2,1H3,(H,22,26);1H. The van der Waals surface area contributed by atoms with Crippen LogP contribution in [-0.2, 0) is 6.42 Å². The summed E-state index contributed by atoms with van der Waals surface area (Å²) in [7, 11) is 0. The highest BCUT2D eigenvalue weighted by Gasteiger charge is 2.24. The van der Waals surface area contributed by atoms with Crippen molar-refractivity contribution >= 4 is 24.0 Å². The van der Waals surface area contributed by atoms with Crippen LogP contribution in [-0.4, -0.2) is 47.9 Å². The van der Waals surface area contributed by atoms with E-state index in [-0.39, 0.29) is 24.4 Å². The second-order valence-corrected chi connectivity index (χ2v) is 7.31. The maximum absolute atomic E-state index is 12.5. The number of hydrogen-bond donors (Lipinski definition) is 2. The highest BCUT2D eigenvalue weighted by molar-refractivity contribution is 5.92. The highest BCUT2D eigenvalue weighted by Crippen LogP contribution is 2.28. The zero-order valence-electron chi connectivity index (χ0n) is 15.7. The molecule has 1 aromatic heterocycles. The molecule has 2 aliphatic rings. The Morgan fingerprint density at radius 3 is 3.04 bits per heavy atom. The van der Waals surface area contributed by atoms with Crippen molar-refractivity contribution in [3.63, 3.8) is 0 Å². The molecule has 3 heterocycles. The largest absolute Gasteiger partial charge is 0.366 e. The summed E-state index contributed by atoms with van der Waals surface area (Å²) in [6, 6.07) is 11.0. The molecular weight excluding hydrogens is 362 g/mol. The first-order valence-electron chi connectivity index (χ1n) is 9.61. The number of hydrogen-bond acceptors (Lipinski definition) is 4. The van der Waals surface area contributed by atoms with Crippen molar-refractivity contribution in [2.75, 3.05) is 31.1 Å². The fourth-order valence-electron chi connectivity index (χ4n) is 3.98. The minimum absolute atomic E-state index is 0. The van der Waals surface area contributed by atoms with Crippen LogP contribution in [0.15, 0.2) is 36.5 Å². The van der Waals surface area contributed by atoms with Gasteiger partial charge in [0.05, 0.1) is 6.04 Å². The molecule has 2 atom stereocenters. The fourth-order valence-corrected chi connectivity index (χ4v) is 3.98. The lowest BCUT2D eigenvalue weighted by Gasteiger charge is -2.27. The summed E-state index contributed by atoms with van der Waals surface area (Å²) in [6.07, 6.45) is 5.27. The normalized spacial score (nSPS) is 19.9. The number of amides is 1. The Hall–Kier alpha value is -2.05. The SMILES string of the molecule is CC(CNC(=O)c1ccn(C2CCCNC2)n1)N1CCc2ccccc21.Cl. The van der Waals surface area contributed by atoms with Gasteiger partial charge in [-0.15, -0.1) is 12.4 Å². The summed E-state index contributed by atoms with van der Waals surface area (Å²) in [4.78, 5) is 14.9. The second kappa shape index (κ2) is 8.76. The molecule has 6 nitrogen and oxygen atoms in total. The molecule has 2 N–H and O–H groups in total. The Bertz CT molecular complexity index is 771. The van der Waals surface area contributed by atoms with E-state index in [9.17, 15) is 4.79 Å². The number of rotatable bonds is 5. The number of piperidine rings is 1. The van der Waals surface area contributed by atoms with E-state index >= 15 is 0 Å². The topological polar surface area (TPSA) is 62.2 Å². The van der Waals surface area contributed by atoms with Gasteiger partial charge in [0, 0.05) is 37.6 Å². The van der Waals surface area contributed by atoms with Crippen molar-refractivity contribution in [2.45, 2.75) is 38.3 Å². The van der Waals surface area contributed by atoms with Crippen LogP contribution in [0.2, 0.25) is 0 Å². The molecule has 1 saturated heterocycles. The van der Waals surface area contributed by atoms with E-state index < -0.39 is 0 Å². The summed E-state index contributed by atoms with van der Waals surface area (Å²) < 4.78 is 1.93. The lowest BCUT2D eigenvalue weighted by Crippen LogP contribution is -2.41. The number of nitrogens with one attached hydrogen (secondary N) is 2. The van der Waals surface area contributed by atoms with Crippen LogP contribution in [0.5, 0.6) is 0 Å². The molecule has 7 heteroatoms. The van der Waals surface area contributed by atoms with Gasteiger partial charge in [-0.05, 0) is 50.4 Å². The number of halogens is 1. The molecule has 1 fully saturated rings. The summed E-state index contributed by atoms with van der Waals surface area (Å²) in [5.74, 6) is -0.0909. The van der Waals surface area contributed by atoms with Gasteiger partial charge in [-0.1, -0.05) is 18.2 Å². The number of para-hydroxylation sites is 1. The number of carbonyl (C=O) groups excluding carboxylic acids is 1. The molecule has 0 spiro atoms. The predicted molar refractivity (Wildman–Crippen MR) is 110 cm³/mol. The number of aromatic nitrogens is 2. The number of benzene rings is 1. The number of nitrogens with zero attached hydrogens (tertiary/aromatic N) is 3. The third-order valence-corrected chi connectivity index (χ3v) is 5.50.